The van der Waals surface area contributed by atoms with Crippen LogP contribution < -0.4 is 0 Å². The molecule has 15 heavy (non-hydrogen) atoms. The maximum Gasteiger partial charge on any atom is 0.192 e. The summed E-state index contributed by atoms with van der Waals surface area (Å²) in [5.74, 6) is 0. The van der Waals surface area contributed by atoms with Gasteiger partial charge in [0.05, 0.1) is 6.10 Å². The van der Waals surface area contributed by atoms with Crippen LogP contribution in [0, 0.1) is 0 Å². The largest absolute Gasteiger partial charge is 0.377 e. The summed E-state index contributed by atoms with van der Waals surface area (Å²) in [6.45, 7) is 1.80. The average Bonchev–Trinajstić information content (AvgIpc) is 2.14. The zero-order chi connectivity index (χ0) is 11.6. The van der Waals surface area contributed by atoms with E-state index in [9.17, 15) is 8.42 Å². The highest BCUT2D eigenvalue weighted by molar-refractivity contribution is 7.90. The van der Waals surface area contributed by atoms with Crippen LogP contribution in [0.1, 0.15) is 18.6 Å². The van der Waals surface area contributed by atoms with Crippen molar-refractivity contribution in [3.8, 4) is 0 Å². The van der Waals surface area contributed by atoms with Crippen LogP contribution in [0.2, 0.25) is 5.15 Å². The predicted molar refractivity (Wildman–Crippen MR) is 57.8 cm³/mol. The maximum absolute atomic E-state index is 11.3. The molecule has 4 nitrogen and oxygen atoms in total. The molecular formula is C9H12ClNO3S. The Balaban J connectivity index is 3.29. The molecule has 1 aromatic rings. The summed E-state index contributed by atoms with van der Waals surface area (Å²) >= 11 is 5.73. The standard InChI is InChI=1S/C9H12ClNO3S/c1-6(14-2)7-4-8(10)11-9(5-7)15(3,12)13/h4-6H,1-3H3. The van der Waals surface area contributed by atoms with Crippen molar-refractivity contribution in [1.29, 1.82) is 0 Å². The molecule has 0 aliphatic carbocycles. The number of aromatic nitrogens is 1. The minimum atomic E-state index is -3.34. The first kappa shape index (κ1) is 12.4. The van der Waals surface area contributed by atoms with Gasteiger partial charge in [-0.2, -0.15) is 0 Å². The highest BCUT2D eigenvalue weighted by Gasteiger charge is 2.14. The minimum Gasteiger partial charge on any atom is -0.377 e. The van der Waals surface area contributed by atoms with Crippen molar-refractivity contribution in [1.82, 2.24) is 4.98 Å². The van der Waals surface area contributed by atoms with Crippen molar-refractivity contribution in [2.24, 2.45) is 0 Å². The van der Waals surface area contributed by atoms with Crippen molar-refractivity contribution < 1.29 is 13.2 Å². The van der Waals surface area contributed by atoms with Crippen molar-refractivity contribution >= 4 is 21.4 Å². The molecule has 1 rings (SSSR count). The molecular weight excluding hydrogens is 238 g/mol. The summed E-state index contributed by atoms with van der Waals surface area (Å²) in [6, 6.07) is 3.06. The second-order valence-corrected chi connectivity index (χ2v) is 5.56. The number of pyridine rings is 1. The van der Waals surface area contributed by atoms with Gasteiger partial charge in [0.2, 0.25) is 0 Å². The quantitative estimate of drug-likeness (QED) is 0.767. The Morgan fingerprint density at radius 1 is 1.47 bits per heavy atom. The summed E-state index contributed by atoms with van der Waals surface area (Å²) in [4.78, 5) is 3.74. The molecule has 1 aromatic heterocycles. The first-order chi connectivity index (χ1) is 6.84. The lowest BCUT2D eigenvalue weighted by Gasteiger charge is -2.10. The molecule has 0 saturated carbocycles. The SMILES string of the molecule is COC(C)c1cc(Cl)nc(S(C)(=O)=O)c1. The lowest BCUT2D eigenvalue weighted by Crippen LogP contribution is -2.04. The Morgan fingerprint density at radius 3 is 2.53 bits per heavy atom. The van der Waals surface area contributed by atoms with E-state index in [2.05, 4.69) is 4.98 Å². The van der Waals surface area contributed by atoms with Crippen LogP contribution in [0.25, 0.3) is 0 Å². The van der Waals surface area contributed by atoms with Gasteiger partial charge >= 0.3 is 0 Å². The minimum absolute atomic E-state index is 0.0334. The van der Waals surface area contributed by atoms with E-state index >= 15 is 0 Å². The summed E-state index contributed by atoms with van der Waals surface area (Å²) in [5, 5.41) is 0.116. The summed E-state index contributed by atoms with van der Waals surface area (Å²) in [5.41, 5.74) is 0.693. The zero-order valence-electron chi connectivity index (χ0n) is 8.69. The molecule has 1 heterocycles. The molecule has 0 aliphatic heterocycles. The van der Waals surface area contributed by atoms with Crippen LogP contribution in [0.4, 0.5) is 0 Å². The number of methoxy groups -OCH3 is 1. The van der Waals surface area contributed by atoms with Gasteiger partial charge in [-0.1, -0.05) is 11.6 Å². The third-order valence-corrected chi connectivity index (χ3v) is 3.16. The van der Waals surface area contributed by atoms with Gasteiger partial charge in [0.25, 0.3) is 0 Å². The number of rotatable bonds is 3. The van der Waals surface area contributed by atoms with Gasteiger partial charge in [0, 0.05) is 13.4 Å². The Hall–Kier alpha value is -0.650. The van der Waals surface area contributed by atoms with E-state index in [0.29, 0.717) is 5.56 Å². The van der Waals surface area contributed by atoms with Gasteiger partial charge in [-0.15, -0.1) is 0 Å². The van der Waals surface area contributed by atoms with Crippen LogP contribution in [-0.2, 0) is 14.6 Å². The number of nitrogens with zero attached hydrogens (tertiary/aromatic N) is 1. The third-order valence-electron chi connectivity index (χ3n) is 2.00. The molecule has 0 amide bonds. The van der Waals surface area contributed by atoms with E-state index < -0.39 is 9.84 Å². The van der Waals surface area contributed by atoms with Crippen LogP contribution in [0.5, 0.6) is 0 Å². The first-order valence-electron chi connectivity index (χ1n) is 4.25. The van der Waals surface area contributed by atoms with E-state index in [4.69, 9.17) is 16.3 Å². The third kappa shape index (κ3) is 3.15. The topological polar surface area (TPSA) is 56.3 Å². The fourth-order valence-corrected chi connectivity index (χ4v) is 1.93. The van der Waals surface area contributed by atoms with Crippen LogP contribution in [0.15, 0.2) is 17.2 Å². The van der Waals surface area contributed by atoms with Gasteiger partial charge in [-0.3, -0.25) is 0 Å². The molecule has 1 atom stereocenters. The van der Waals surface area contributed by atoms with E-state index in [1.807, 2.05) is 0 Å². The molecule has 0 radical (unpaired) electrons. The number of sulfone groups is 1. The molecule has 0 spiro atoms. The van der Waals surface area contributed by atoms with Gasteiger partial charge < -0.3 is 4.74 Å². The van der Waals surface area contributed by atoms with Gasteiger partial charge in [0.1, 0.15) is 5.15 Å². The number of halogens is 1. The highest BCUT2D eigenvalue weighted by Crippen LogP contribution is 2.21. The van der Waals surface area contributed by atoms with Crippen LogP contribution >= 0.6 is 11.6 Å². The van der Waals surface area contributed by atoms with E-state index in [1.54, 1.807) is 20.1 Å². The van der Waals surface area contributed by atoms with E-state index in [1.165, 1.54) is 6.07 Å². The fourth-order valence-electron chi connectivity index (χ4n) is 1.05. The predicted octanol–water partition coefficient (Wildman–Crippen LogP) is 1.85. The Morgan fingerprint density at radius 2 is 2.07 bits per heavy atom. The van der Waals surface area contributed by atoms with Crippen molar-refractivity contribution in [3.63, 3.8) is 0 Å². The Bertz CT molecular complexity index is 458. The van der Waals surface area contributed by atoms with Crippen LogP contribution in [0.3, 0.4) is 0 Å². The maximum atomic E-state index is 11.3. The smallest absolute Gasteiger partial charge is 0.192 e. The van der Waals surface area contributed by atoms with E-state index in [-0.39, 0.29) is 16.3 Å². The van der Waals surface area contributed by atoms with Gasteiger partial charge in [0.15, 0.2) is 14.9 Å². The molecule has 84 valence electrons. The van der Waals surface area contributed by atoms with Crippen molar-refractivity contribution in [3.05, 3.63) is 22.8 Å². The monoisotopic (exact) mass is 249 g/mol. The molecule has 1 unspecified atom stereocenters. The molecule has 0 N–H and O–H groups in total. The summed E-state index contributed by atoms with van der Waals surface area (Å²) < 4.78 is 27.7. The van der Waals surface area contributed by atoms with Gasteiger partial charge in [-0.05, 0) is 24.6 Å². The van der Waals surface area contributed by atoms with Crippen molar-refractivity contribution in [2.75, 3.05) is 13.4 Å². The Labute approximate surface area is 94.2 Å². The molecule has 0 aromatic carbocycles. The van der Waals surface area contributed by atoms with Crippen molar-refractivity contribution in [2.45, 2.75) is 18.1 Å². The number of hydrogen-bond donors (Lipinski definition) is 0. The first-order valence-corrected chi connectivity index (χ1v) is 6.52. The van der Waals surface area contributed by atoms with Crippen LogP contribution in [-0.4, -0.2) is 26.8 Å². The number of hydrogen-bond acceptors (Lipinski definition) is 4. The molecule has 0 saturated heterocycles. The molecule has 0 bridgehead atoms. The highest BCUT2D eigenvalue weighted by atomic mass is 35.5. The molecule has 0 fully saturated rings. The second-order valence-electron chi connectivity index (χ2n) is 3.21. The Kier molecular flexibility index (Phi) is 3.70. The molecule has 0 aliphatic rings. The second kappa shape index (κ2) is 4.47. The zero-order valence-corrected chi connectivity index (χ0v) is 10.3. The number of ether oxygens (including phenoxy) is 1. The molecule has 6 heteroatoms. The van der Waals surface area contributed by atoms with E-state index in [0.717, 1.165) is 6.26 Å². The summed E-state index contributed by atoms with van der Waals surface area (Å²) in [7, 11) is -1.80. The average molecular weight is 250 g/mol. The normalized spacial score (nSPS) is 13.9. The lowest BCUT2D eigenvalue weighted by molar-refractivity contribution is 0.119. The van der Waals surface area contributed by atoms with Gasteiger partial charge in [-0.25, -0.2) is 13.4 Å². The fraction of sp³-hybridized carbons (Fsp3) is 0.444. The summed E-state index contributed by atoms with van der Waals surface area (Å²) in [6.07, 6.45) is 0.874. The lowest BCUT2D eigenvalue weighted by atomic mass is 10.2.